The van der Waals surface area contributed by atoms with Crippen LogP contribution in [-0.4, -0.2) is 12.8 Å². The van der Waals surface area contributed by atoms with Gasteiger partial charge in [0, 0.05) is 5.97 Å². The zero-order valence-corrected chi connectivity index (χ0v) is 3.88. The van der Waals surface area contributed by atoms with E-state index in [1.165, 1.54) is 0 Å². The first kappa shape index (κ1) is 4.90. The molecule has 0 unspecified atom stereocenters. The summed E-state index contributed by atoms with van der Waals surface area (Å²) >= 11 is 1.54. The Morgan fingerprint density at radius 1 is 2.00 bits per heavy atom. The van der Waals surface area contributed by atoms with E-state index in [2.05, 4.69) is 0 Å². The highest BCUT2D eigenvalue weighted by Gasteiger charge is 1.72. The van der Waals surface area contributed by atoms with E-state index in [1.54, 1.807) is 11.6 Å². The fourth-order valence-corrected chi connectivity index (χ4v) is 0.194. The van der Waals surface area contributed by atoms with Gasteiger partial charge in [0.2, 0.25) is 0 Å². The van der Waals surface area contributed by atoms with Gasteiger partial charge in [-0.3, -0.25) is 0 Å². The van der Waals surface area contributed by atoms with E-state index < -0.39 is 0 Å². The number of hydrogen-bond acceptors (Lipinski definition) is 2. The first-order valence-electron chi connectivity index (χ1n) is 1.27. The van der Waals surface area contributed by atoms with E-state index in [0.29, 0.717) is 6.56 Å². The summed E-state index contributed by atoms with van der Waals surface area (Å²) in [7, 11) is 0. The summed E-state index contributed by atoms with van der Waals surface area (Å²) in [6.45, 7) is 0.611. The second-order valence-corrected chi connectivity index (χ2v) is 1.46. The Morgan fingerprint density at radius 2 is 2.60 bits per heavy atom. The van der Waals surface area contributed by atoms with Crippen molar-refractivity contribution in [3.8, 4) is 5.97 Å². The van der Waals surface area contributed by atoms with E-state index in [0.717, 1.165) is 0 Å². The second kappa shape index (κ2) is 3.90. The third kappa shape index (κ3) is 3.90. The van der Waals surface area contributed by atoms with Gasteiger partial charge in [-0.25, -0.2) is 5.26 Å². The normalized spacial score (nSPS) is 5.60. The SMILES string of the molecule is CSBC#N. The first-order chi connectivity index (χ1) is 2.41. The predicted octanol–water partition coefficient (Wildman–Crippen LogP) is 0.182. The molecule has 0 aliphatic rings. The van der Waals surface area contributed by atoms with Crippen molar-refractivity contribution in [1.29, 1.82) is 5.26 Å². The maximum Gasteiger partial charge on any atom is 0.313 e. The average molecular weight is 84.9 g/mol. The molecule has 5 heavy (non-hydrogen) atoms. The molecule has 3 heteroatoms. The largest absolute Gasteiger partial charge is 0.313 e. The van der Waals surface area contributed by atoms with Crippen LogP contribution in [0, 0.1) is 11.2 Å². The monoisotopic (exact) mass is 85.0 g/mol. The van der Waals surface area contributed by atoms with Crippen molar-refractivity contribution >= 4 is 18.2 Å². The molecule has 0 rings (SSSR count). The predicted molar refractivity (Wildman–Crippen MR) is 26.3 cm³/mol. The molecule has 0 heterocycles. The van der Waals surface area contributed by atoms with Crippen LogP contribution < -0.4 is 0 Å². The molecule has 0 aromatic carbocycles. The van der Waals surface area contributed by atoms with Gasteiger partial charge >= 0.3 is 6.56 Å². The standard InChI is InChI=1S/C2H4BNS/c1-5-3-2-4/h3H,1H3. The summed E-state index contributed by atoms with van der Waals surface area (Å²) in [5.74, 6) is 1.98. The number of nitriles is 1. The van der Waals surface area contributed by atoms with Crippen LogP contribution in [0.3, 0.4) is 0 Å². The van der Waals surface area contributed by atoms with Crippen molar-refractivity contribution < 1.29 is 0 Å². The molecule has 0 aliphatic carbocycles. The Kier molecular flexibility index (Phi) is 3.83. The van der Waals surface area contributed by atoms with Gasteiger partial charge in [0.05, 0.1) is 0 Å². The van der Waals surface area contributed by atoms with E-state index in [1.807, 2.05) is 12.2 Å². The summed E-state index contributed by atoms with van der Waals surface area (Å²) in [5.41, 5.74) is 0. The van der Waals surface area contributed by atoms with E-state index in [-0.39, 0.29) is 0 Å². The molecule has 0 spiro atoms. The van der Waals surface area contributed by atoms with Crippen LogP contribution in [0.1, 0.15) is 0 Å². The first-order valence-corrected chi connectivity index (χ1v) is 2.67. The number of nitrogens with zero attached hydrogens (tertiary/aromatic N) is 1. The highest BCUT2D eigenvalue weighted by Crippen LogP contribution is 1.79. The summed E-state index contributed by atoms with van der Waals surface area (Å²) in [6.07, 6.45) is 1.91. The van der Waals surface area contributed by atoms with Crippen LogP contribution >= 0.6 is 11.6 Å². The Bertz CT molecular complexity index is 48.1. The smallest absolute Gasteiger partial charge is 0.212 e. The van der Waals surface area contributed by atoms with Gasteiger partial charge in [-0.05, 0) is 6.26 Å². The van der Waals surface area contributed by atoms with Crippen LogP contribution in [0.2, 0.25) is 0 Å². The van der Waals surface area contributed by atoms with Crippen molar-refractivity contribution in [3.63, 3.8) is 0 Å². The lowest BCUT2D eigenvalue weighted by molar-refractivity contribution is 1.56. The number of hydrogen-bond donors (Lipinski definition) is 0. The summed E-state index contributed by atoms with van der Waals surface area (Å²) in [4.78, 5) is 0. The lowest BCUT2D eigenvalue weighted by atomic mass is 10.2. The third-order valence-corrected chi connectivity index (χ3v) is 0.627. The molecule has 0 saturated heterocycles. The Morgan fingerprint density at radius 3 is 2.60 bits per heavy atom. The molecule has 0 aliphatic heterocycles. The molecule has 26 valence electrons. The van der Waals surface area contributed by atoms with Crippen molar-refractivity contribution in [2.24, 2.45) is 0 Å². The molecule has 0 radical (unpaired) electrons. The Labute approximate surface area is 36.5 Å². The van der Waals surface area contributed by atoms with Crippen LogP contribution in [-0.2, 0) is 0 Å². The zero-order valence-electron chi connectivity index (χ0n) is 3.06. The van der Waals surface area contributed by atoms with Gasteiger partial charge in [0.1, 0.15) is 0 Å². The van der Waals surface area contributed by atoms with Gasteiger partial charge in [-0.15, -0.1) is 0 Å². The van der Waals surface area contributed by atoms with Crippen molar-refractivity contribution in [2.75, 3.05) is 6.26 Å². The van der Waals surface area contributed by atoms with Gasteiger partial charge in [0.25, 0.3) is 0 Å². The topological polar surface area (TPSA) is 23.8 Å². The van der Waals surface area contributed by atoms with E-state index >= 15 is 0 Å². The van der Waals surface area contributed by atoms with Crippen LogP contribution in [0.15, 0.2) is 0 Å². The van der Waals surface area contributed by atoms with Crippen molar-refractivity contribution in [2.45, 2.75) is 0 Å². The molecule has 0 amide bonds. The van der Waals surface area contributed by atoms with E-state index in [4.69, 9.17) is 5.26 Å². The average Bonchev–Trinajstić information content (AvgIpc) is 1.41. The Balaban J connectivity index is 2.48. The van der Waals surface area contributed by atoms with Gasteiger partial charge < -0.3 is 0 Å². The second-order valence-electron chi connectivity index (χ2n) is 0.591. The van der Waals surface area contributed by atoms with Crippen molar-refractivity contribution in [1.82, 2.24) is 0 Å². The van der Waals surface area contributed by atoms with Gasteiger partial charge in [0.15, 0.2) is 0 Å². The van der Waals surface area contributed by atoms with Crippen LogP contribution in [0.5, 0.6) is 0 Å². The highest BCUT2D eigenvalue weighted by molar-refractivity contribution is 8.22. The highest BCUT2D eigenvalue weighted by atomic mass is 32.2. The lowest BCUT2D eigenvalue weighted by Gasteiger charge is -1.63. The zero-order chi connectivity index (χ0) is 4.12. The molecule has 0 fully saturated rings. The molecule has 0 bridgehead atoms. The summed E-state index contributed by atoms with van der Waals surface area (Å²) in [5, 5.41) is 7.80. The fraction of sp³-hybridized carbons (Fsp3) is 0.500. The van der Waals surface area contributed by atoms with Gasteiger partial charge in [-0.2, -0.15) is 11.6 Å². The van der Waals surface area contributed by atoms with E-state index in [9.17, 15) is 0 Å². The minimum atomic E-state index is 0.611. The molecule has 0 saturated carbocycles. The minimum absolute atomic E-state index is 0.611. The fourth-order valence-electron chi connectivity index (χ4n) is 0.0645. The minimum Gasteiger partial charge on any atom is -0.212 e. The maximum atomic E-state index is 7.80. The summed E-state index contributed by atoms with van der Waals surface area (Å²) < 4.78 is 0. The maximum absolute atomic E-state index is 7.80. The molecule has 0 aromatic rings. The lowest BCUT2D eigenvalue weighted by Crippen LogP contribution is -1.67. The molecule has 0 atom stereocenters. The Hall–Kier alpha value is -0.0951. The molecule has 0 N–H and O–H groups in total. The van der Waals surface area contributed by atoms with Gasteiger partial charge in [-0.1, -0.05) is 0 Å². The quantitative estimate of drug-likeness (QED) is 0.424. The molecular weight excluding hydrogens is 80.9 g/mol. The van der Waals surface area contributed by atoms with Crippen LogP contribution in [0.25, 0.3) is 0 Å². The molecule has 1 nitrogen and oxygen atoms in total. The third-order valence-electron chi connectivity index (χ3n) is 0.209. The molecular formula is C2H4BNS. The summed E-state index contributed by atoms with van der Waals surface area (Å²) in [6, 6.07) is 0. The van der Waals surface area contributed by atoms with Crippen LogP contribution in [0.4, 0.5) is 0 Å². The number of rotatable bonds is 1. The molecule has 0 aromatic heterocycles. The van der Waals surface area contributed by atoms with Crippen molar-refractivity contribution in [3.05, 3.63) is 0 Å².